The maximum absolute atomic E-state index is 5.75. The highest BCUT2D eigenvalue weighted by atomic mass is 15.4. The van der Waals surface area contributed by atoms with Crippen molar-refractivity contribution in [3.05, 3.63) is 18.5 Å². The fourth-order valence-corrected chi connectivity index (χ4v) is 1.94. The predicted octanol–water partition coefficient (Wildman–Crippen LogP) is 0.628. The third-order valence-electron chi connectivity index (χ3n) is 2.92. The van der Waals surface area contributed by atoms with Crippen LogP contribution in [0.25, 0.3) is 5.95 Å². The van der Waals surface area contributed by atoms with Gasteiger partial charge < -0.3 is 10.6 Å². The summed E-state index contributed by atoms with van der Waals surface area (Å²) in [5.41, 5.74) is 5.75. The number of nitrogens with zero attached hydrogens (tertiary/aromatic N) is 6. The van der Waals surface area contributed by atoms with Crippen molar-refractivity contribution in [2.45, 2.75) is 25.8 Å². The minimum atomic E-state index is 0.226. The molecule has 7 nitrogen and oxygen atoms in total. The van der Waals surface area contributed by atoms with Gasteiger partial charge in [-0.2, -0.15) is 20.1 Å². The minimum absolute atomic E-state index is 0.226. The molecule has 3 rings (SSSR count). The Morgan fingerprint density at radius 1 is 1.39 bits per heavy atom. The van der Waals surface area contributed by atoms with Gasteiger partial charge in [0.2, 0.25) is 11.9 Å². The van der Waals surface area contributed by atoms with E-state index >= 15 is 0 Å². The Kier molecular flexibility index (Phi) is 2.58. The molecular weight excluding hydrogens is 230 g/mol. The summed E-state index contributed by atoms with van der Waals surface area (Å²) in [4.78, 5) is 14.9. The first-order valence-electron chi connectivity index (χ1n) is 6.06. The Balaban J connectivity index is 1.99. The molecule has 2 heterocycles. The maximum Gasteiger partial charge on any atom is 0.257 e. The molecule has 0 radical (unpaired) electrons. The summed E-state index contributed by atoms with van der Waals surface area (Å²) in [6, 6.07) is 2.36. The van der Waals surface area contributed by atoms with Crippen LogP contribution in [-0.2, 0) is 0 Å². The summed E-state index contributed by atoms with van der Waals surface area (Å²) < 4.78 is 1.59. The molecule has 1 aliphatic carbocycles. The molecule has 0 atom stereocenters. The van der Waals surface area contributed by atoms with E-state index in [-0.39, 0.29) is 5.95 Å². The Labute approximate surface area is 105 Å². The molecule has 18 heavy (non-hydrogen) atoms. The van der Waals surface area contributed by atoms with Crippen LogP contribution in [0.2, 0.25) is 0 Å². The van der Waals surface area contributed by atoms with Gasteiger partial charge in [0.05, 0.1) is 0 Å². The van der Waals surface area contributed by atoms with Gasteiger partial charge >= 0.3 is 0 Å². The second-order valence-corrected chi connectivity index (χ2v) is 4.26. The zero-order valence-electron chi connectivity index (χ0n) is 10.2. The van der Waals surface area contributed by atoms with Gasteiger partial charge in [-0.05, 0) is 25.8 Å². The van der Waals surface area contributed by atoms with Crippen LogP contribution in [0.4, 0.5) is 11.9 Å². The van der Waals surface area contributed by atoms with Gasteiger partial charge in [-0.1, -0.05) is 0 Å². The van der Waals surface area contributed by atoms with E-state index in [1.165, 1.54) is 12.8 Å². The second-order valence-electron chi connectivity index (χ2n) is 4.26. The summed E-state index contributed by atoms with van der Waals surface area (Å²) in [5, 5.41) is 4.10. The monoisotopic (exact) mass is 245 g/mol. The average Bonchev–Trinajstić information content (AvgIpc) is 3.04. The van der Waals surface area contributed by atoms with Gasteiger partial charge in [-0.15, -0.1) is 0 Å². The molecule has 0 unspecified atom stereocenters. The minimum Gasteiger partial charge on any atom is -0.368 e. The molecular formula is C11H15N7. The third-order valence-corrected chi connectivity index (χ3v) is 2.92. The molecule has 0 spiro atoms. The highest BCUT2D eigenvalue weighted by molar-refractivity contribution is 5.40. The molecule has 0 saturated heterocycles. The Bertz CT molecular complexity index is 532. The van der Waals surface area contributed by atoms with Crippen molar-refractivity contribution in [3.8, 4) is 5.95 Å². The van der Waals surface area contributed by atoms with Gasteiger partial charge in [-0.3, -0.25) is 0 Å². The lowest BCUT2D eigenvalue weighted by Crippen LogP contribution is -2.28. The summed E-state index contributed by atoms with van der Waals surface area (Å²) in [6.45, 7) is 2.96. The number of rotatable bonds is 4. The second kappa shape index (κ2) is 4.25. The standard InChI is InChI=1S/C11H15N7/c1-2-17(8-4-5-8)10-14-9(12)15-11(16-10)18-7-3-6-13-18/h3,6-8H,2,4-5H2,1H3,(H2,12,14,15,16). The van der Waals surface area contributed by atoms with Gasteiger partial charge in [0, 0.05) is 25.0 Å². The van der Waals surface area contributed by atoms with E-state index in [1.54, 1.807) is 17.1 Å². The molecule has 0 bridgehead atoms. The van der Waals surface area contributed by atoms with E-state index in [1.807, 2.05) is 6.07 Å². The molecule has 94 valence electrons. The van der Waals surface area contributed by atoms with Crippen molar-refractivity contribution < 1.29 is 0 Å². The van der Waals surface area contributed by atoms with E-state index in [0.29, 0.717) is 17.9 Å². The lowest BCUT2D eigenvalue weighted by Gasteiger charge is -2.20. The smallest absolute Gasteiger partial charge is 0.257 e. The van der Waals surface area contributed by atoms with Crippen LogP contribution in [0.3, 0.4) is 0 Å². The Morgan fingerprint density at radius 2 is 2.22 bits per heavy atom. The zero-order valence-corrected chi connectivity index (χ0v) is 10.2. The maximum atomic E-state index is 5.75. The summed E-state index contributed by atoms with van der Waals surface area (Å²) in [5.74, 6) is 1.32. The van der Waals surface area contributed by atoms with Crippen molar-refractivity contribution in [2.24, 2.45) is 0 Å². The predicted molar refractivity (Wildman–Crippen MR) is 67.4 cm³/mol. The van der Waals surface area contributed by atoms with Crippen LogP contribution in [0.5, 0.6) is 0 Å². The number of hydrogen-bond acceptors (Lipinski definition) is 6. The number of hydrogen-bond donors (Lipinski definition) is 1. The average molecular weight is 245 g/mol. The first-order chi connectivity index (χ1) is 8.78. The van der Waals surface area contributed by atoms with E-state index in [9.17, 15) is 0 Å². The molecule has 0 amide bonds. The van der Waals surface area contributed by atoms with Crippen molar-refractivity contribution >= 4 is 11.9 Å². The quantitative estimate of drug-likeness (QED) is 0.850. The van der Waals surface area contributed by atoms with E-state index in [0.717, 1.165) is 6.54 Å². The molecule has 7 heteroatoms. The van der Waals surface area contributed by atoms with Crippen LogP contribution < -0.4 is 10.6 Å². The lowest BCUT2D eigenvalue weighted by molar-refractivity contribution is 0.749. The summed E-state index contributed by atoms with van der Waals surface area (Å²) in [7, 11) is 0. The van der Waals surface area contributed by atoms with Crippen molar-refractivity contribution in [1.82, 2.24) is 24.7 Å². The van der Waals surface area contributed by atoms with Crippen LogP contribution in [0.15, 0.2) is 18.5 Å². The van der Waals surface area contributed by atoms with Crippen molar-refractivity contribution in [2.75, 3.05) is 17.2 Å². The van der Waals surface area contributed by atoms with E-state index < -0.39 is 0 Å². The highest BCUT2D eigenvalue weighted by Crippen LogP contribution is 2.29. The van der Waals surface area contributed by atoms with Crippen LogP contribution >= 0.6 is 0 Å². The first kappa shape index (κ1) is 10.9. The Hall–Kier alpha value is -2.18. The molecule has 0 aliphatic heterocycles. The summed E-state index contributed by atoms with van der Waals surface area (Å²) >= 11 is 0. The van der Waals surface area contributed by atoms with Gasteiger partial charge in [0.15, 0.2) is 0 Å². The fourth-order valence-electron chi connectivity index (χ4n) is 1.94. The molecule has 1 aliphatic rings. The van der Waals surface area contributed by atoms with Crippen LogP contribution in [0, 0.1) is 0 Å². The summed E-state index contributed by atoms with van der Waals surface area (Å²) in [6.07, 6.45) is 5.84. The normalized spacial score (nSPS) is 14.7. The number of anilines is 2. The van der Waals surface area contributed by atoms with Gasteiger partial charge in [0.1, 0.15) is 0 Å². The van der Waals surface area contributed by atoms with Crippen molar-refractivity contribution in [3.63, 3.8) is 0 Å². The molecule has 2 aromatic rings. The van der Waals surface area contributed by atoms with Crippen LogP contribution in [-0.4, -0.2) is 37.3 Å². The van der Waals surface area contributed by atoms with Gasteiger partial charge in [0.25, 0.3) is 5.95 Å². The molecule has 2 N–H and O–H groups in total. The number of aromatic nitrogens is 5. The highest BCUT2D eigenvalue weighted by Gasteiger charge is 2.30. The first-order valence-corrected chi connectivity index (χ1v) is 6.06. The molecule has 1 saturated carbocycles. The van der Waals surface area contributed by atoms with Gasteiger partial charge in [-0.25, -0.2) is 4.68 Å². The molecule has 0 aromatic carbocycles. The largest absolute Gasteiger partial charge is 0.368 e. The number of nitrogens with two attached hydrogens (primary N) is 1. The SMILES string of the molecule is CCN(c1nc(N)nc(-n2cccn2)n1)C1CC1. The zero-order chi connectivity index (χ0) is 12.5. The third kappa shape index (κ3) is 1.99. The van der Waals surface area contributed by atoms with Crippen LogP contribution in [0.1, 0.15) is 19.8 Å². The van der Waals surface area contributed by atoms with Crippen molar-refractivity contribution in [1.29, 1.82) is 0 Å². The molecule has 2 aromatic heterocycles. The molecule has 1 fully saturated rings. The fraction of sp³-hybridized carbons (Fsp3) is 0.455. The topological polar surface area (TPSA) is 85.8 Å². The number of nitrogen functional groups attached to an aromatic ring is 1. The lowest BCUT2D eigenvalue weighted by atomic mass is 10.5. The van der Waals surface area contributed by atoms with E-state index in [4.69, 9.17) is 5.73 Å². The Morgan fingerprint density at radius 3 is 2.83 bits per heavy atom. The van der Waals surface area contributed by atoms with E-state index in [2.05, 4.69) is 31.9 Å².